The number of benzene rings is 1. The summed E-state index contributed by atoms with van der Waals surface area (Å²) < 4.78 is 29.8. The van der Waals surface area contributed by atoms with Crippen molar-refractivity contribution in [2.45, 2.75) is 6.61 Å². The smallest absolute Gasteiger partial charge is 0.387 e. The molecule has 0 aliphatic rings. The van der Waals surface area contributed by atoms with Crippen LogP contribution in [-0.2, 0) is 4.79 Å². The highest BCUT2D eigenvalue weighted by Crippen LogP contribution is 2.26. The van der Waals surface area contributed by atoms with Gasteiger partial charge in [0.2, 0.25) is 5.91 Å². The van der Waals surface area contributed by atoms with Crippen molar-refractivity contribution in [3.8, 4) is 5.75 Å². The van der Waals surface area contributed by atoms with Crippen LogP contribution in [-0.4, -0.2) is 17.5 Å². The fourth-order valence-electron chi connectivity index (χ4n) is 1.64. The summed E-state index contributed by atoms with van der Waals surface area (Å²) in [5.41, 5.74) is 0.895. The lowest BCUT2D eigenvalue weighted by Gasteiger charge is -2.08. The van der Waals surface area contributed by atoms with Gasteiger partial charge in [0.1, 0.15) is 5.75 Å². The Morgan fingerprint density at radius 1 is 1.36 bits per heavy atom. The molecular weight excluding hydrogens is 358 g/mol. The summed E-state index contributed by atoms with van der Waals surface area (Å²) in [7, 11) is 0. The number of rotatable bonds is 5. The third-order valence-electron chi connectivity index (χ3n) is 2.53. The Morgan fingerprint density at radius 3 is 2.86 bits per heavy atom. The fourth-order valence-corrected chi connectivity index (χ4v) is 2.02. The zero-order chi connectivity index (χ0) is 15.9. The molecule has 0 saturated heterocycles. The van der Waals surface area contributed by atoms with Gasteiger partial charge in [-0.2, -0.15) is 8.78 Å². The van der Waals surface area contributed by atoms with Gasteiger partial charge in [0.15, 0.2) is 0 Å². The molecule has 114 valence electrons. The van der Waals surface area contributed by atoms with E-state index in [-0.39, 0.29) is 5.75 Å². The van der Waals surface area contributed by atoms with E-state index in [1.165, 1.54) is 24.4 Å². The topological polar surface area (TPSA) is 51.2 Å². The average molecular weight is 369 g/mol. The van der Waals surface area contributed by atoms with Gasteiger partial charge in [-0.3, -0.25) is 9.78 Å². The first-order valence-electron chi connectivity index (χ1n) is 6.18. The summed E-state index contributed by atoms with van der Waals surface area (Å²) in [6, 6.07) is 7.91. The largest absolute Gasteiger partial charge is 0.434 e. The summed E-state index contributed by atoms with van der Waals surface area (Å²) in [5, 5.41) is 2.60. The van der Waals surface area contributed by atoms with Gasteiger partial charge in [-0.05, 0) is 36.4 Å². The number of pyridine rings is 1. The highest BCUT2D eigenvalue weighted by molar-refractivity contribution is 9.10. The van der Waals surface area contributed by atoms with Crippen molar-refractivity contribution in [1.29, 1.82) is 0 Å². The number of carbonyl (C=O) groups excluding carboxylic acids is 1. The minimum Gasteiger partial charge on any atom is -0.434 e. The van der Waals surface area contributed by atoms with Crippen LogP contribution in [0.4, 0.5) is 14.5 Å². The van der Waals surface area contributed by atoms with E-state index >= 15 is 0 Å². The molecule has 1 amide bonds. The molecule has 1 heterocycles. The Labute approximate surface area is 134 Å². The molecule has 7 heteroatoms. The summed E-state index contributed by atoms with van der Waals surface area (Å²) in [6.45, 7) is -2.93. The number of alkyl halides is 2. The molecule has 0 radical (unpaired) electrons. The number of hydrogen-bond acceptors (Lipinski definition) is 3. The monoisotopic (exact) mass is 368 g/mol. The molecule has 0 fully saturated rings. The van der Waals surface area contributed by atoms with Crippen molar-refractivity contribution < 1.29 is 18.3 Å². The Morgan fingerprint density at radius 2 is 2.18 bits per heavy atom. The van der Waals surface area contributed by atoms with Crippen LogP contribution in [0.1, 0.15) is 5.56 Å². The van der Waals surface area contributed by atoms with E-state index in [2.05, 4.69) is 31.0 Å². The van der Waals surface area contributed by atoms with E-state index in [1.54, 1.807) is 30.5 Å². The summed E-state index contributed by atoms with van der Waals surface area (Å²) >= 11 is 3.24. The van der Waals surface area contributed by atoms with Gasteiger partial charge in [-0.25, -0.2) is 0 Å². The Balaban J connectivity index is 2.11. The van der Waals surface area contributed by atoms with E-state index in [1.807, 2.05) is 0 Å². The number of amides is 1. The predicted molar refractivity (Wildman–Crippen MR) is 82.7 cm³/mol. The predicted octanol–water partition coefficient (Wildman–Crippen LogP) is 4.10. The first-order valence-corrected chi connectivity index (χ1v) is 6.97. The lowest BCUT2D eigenvalue weighted by atomic mass is 10.2. The molecular formula is C15H11BrF2N2O2. The normalized spacial score (nSPS) is 10.9. The number of halogens is 3. The molecule has 0 aliphatic heterocycles. The standard InChI is InChI=1S/C15H11BrF2N2O2/c16-11-4-5-13(22-15(17)18)10(8-11)3-6-14(21)20-12-2-1-7-19-9-12/h1-9,15H,(H,20,21)/b6-3+. The van der Waals surface area contributed by atoms with Gasteiger partial charge >= 0.3 is 6.61 Å². The maximum atomic E-state index is 12.3. The molecule has 4 nitrogen and oxygen atoms in total. The van der Waals surface area contributed by atoms with Gasteiger partial charge in [0.25, 0.3) is 0 Å². The molecule has 22 heavy (non-hydrogen) atoms. The Hall–Kier alpha value is -2.28. The molecule has 2 rings (SSSR count). The lowest BCUT2D eigenvalue weighted by molar-refractivity contribution is -0.111. The van der Waals surface area contributed by atoms with Crippen molar-refractivity contribution in [2.24, 2.45) is 0 Å². The van der Waals surface area contributed by atoms with Crippen LogP contribution < -0.4 is 10.1 Å². The number of carbonyl (C=O) groups is 1. The van der Waals surface area contributed by atoms with Gasteiger partial charge in [-0.15, -0.1) is 0 Å². The Bertz CT molecular complexity index is 678. The number of ether oxygens (including phenoxy) is 1. The fraction of sp³-hybridized carbons (Fsp3) is 0.0667. The van der Waals surface area contributed by atoms with E-state index < -0.39 is 12.5 Å². The van der Waals surface area contributed by atoms with Gasteiger partial charge < -0.3 is 10.1 Å². The minimum absolute atomic E-state index is 0.0105. The molecule has 2 aromatic rings. The van der Waals surface area contributed by atoms with Crippen LogP contribution in [0.25, 0.3) is 6.08 Å². The molecule has 1 N–H and O–H groups in total. The van der Waals surface area contributed by atoms with E-state index in [0.717, 1.165) is 0 Å². The Kier molecular flexibility index (Phi) is 5.60. The second kappa shape index (κ2) is 7.65. The number of aromatic nitrogens is 1. The SMILES string of the molecule is O=C(/C=C/c1cc(Br)ccc1OC(F)F)Nc1cccnc1. The summed E-state index contributed by atoms with van der Waals surface area (Å²) in [5.74, 6) is -0.417. The van der Waals surface area contributed by atoms with Crippen molar-refractivity contribution >= 4 is 33.6 Å². The van der Waals surface area contributed by atoms with E-state index in [0.29, 0.717) is 15.7 Å². The highest BCUT2D eigenvalue weighted by atomic mass is 79.9. The molecule has 0 bridgehead atoms. The maximum Gasteiger partial charge on any atom is 0.387 e. The van der Waals surface area contributed by atoms with Crippen LogP contribution in [0, 0.1) is 0 Å². The van der Waals surface area contributed by atoms with Gasteiger partial charge in [0, 0.05) is 22.3 Å². The molecule has 0 atom stereocenters. The van der Waals surface area contributed by atoms with Crippen molar-refractivity contribution in [3.63, 3.8) is 0 Å². The van der Waals surface area contributed by atoms with Crippen molar-refractivity contribution in [1.82, 2.24) is 4.98 Å². The molecule has 0 unspecified atom stereocenters. The van der Waals surface area contributed by atoms with Crippen LogP contribution in [0.5, 0.6) is 5.75 Å². The van der Waals surface area contributed by atoms with Crippen molar-refractivity contribution in [2.75, 3.05) is 5.32 Å². The number of anilines is 1. The van der Waals surface area contributed by atoms with Crippen LogP contribution in [0.3, 0.4) is 0 Å². The lowest BCUT2D eigenvalue weighted by Crippen LogP contribution is -2.08. The van der Waals surface area contributed by atoms with Crippen LogP contribution in [0.15, 0.2) is 53.3 Å². The number of hydrogen-bond donors (Lipinski definition) is 1. The van der Waals surface area contributed by atoms with Gasteiger partial charge in [-0.1, -0.05) is 15.9 Å². The van der Waals surface area contributed by atoms with E-state index in [4.69, 9.17) is 0 Å². The maximum absolute atomic E-state index is 12.3. The molecule has 1 aromatic carbocycles. The second-order valence-corrected chi connectivity index (χ2v) is 5.04. The molecule has 0 spiro atoms. The van der Waals surface area contributed by atoms with Crippen molar-refractivity contribution in [3.05, 3.63) is 58.8 Å². The summed E-state index contributed by atoms with van der Waals surface area (Å²) in [6.07, 6.45) is 5.71. The second-order valence-electron chi connectivity index (χ2n) is 4.12. The molecule has 1 aromatic heterocycles. The number of nitrogens with zero attached hydrogens (tertiary/aromatic N) is 1. The minimum atomic E-state index is -2.93. The van der Waals surface area contributed by atoms with Crippen LogP contribution in [0.2, 0.25) is 0 Å². The first-order chi connectivity index (χ1) is 10.5. The first kappa shape index (κ1) is 16.1. The quantitative estimate of drug-likeness (QED) is 0.808. The molecule has 0 aliphatic carbocycles. The third kappa shape index (κ3) is 4.92. The average Bonchev–Trinajstić information content (AvgIpc) is 2.48. The number of nitrogens with one attached hydrogen (secondary N) is 1. The van der Waals surface area contributed by atoms with Crippen LogP contribution >= 0.6 is 15.9 Å². The third-order valence-corrected chi connectivity index (χ3v) is 3.02. The zero-order valence-electron chi connectivity index (χ0n) is 11.2. The highest BCUT2D eigenvalue weighted by Gasteiger charge is 2.08. The molecule has 0 saturated carbocycles. The van der Waals surface area contributed by atoms with Gasteiger partial charge in [0.05, 0.1) is 11.9 Å². The van der Waals surface area contributed by atoms with E-state index in [9.17, 15) is 13.6 Å². The summed E-state index contributed by atoms with van der Waals surface area (Å²) in [4.78, 5) is 15.6. The zero-order valence-corrected chi connectivity index (χ0v) is 12.8.